The van der Waals surface area contributed by atoms with E-state index in [2.05, 4.69) is 0 Å². The molecule has 1 aromatic carbocycles. The quantitative estimate of drug-likeness (QED) is 0.849. The lowest BCUT2D eigenvalue weighted by Gasteiger charge is -2.13. The highest BCUT2D eigenvalue weighted by Gasteiger charge is 2.32. The molecular formula is C15H16O4S2. The molecule has 0 saturated carbocycles. The zero-order valence-corrected chi connectivity index (χ0v) is 12.9. The fraction of sp³-hybridized carbons (Fsp3) is 0.267. The number of aliphatic carboxylic acids is 1. The normalized spacial score (nSPS) is 13.0. The largest absolute Gasteiger partial charge is 0.480 e. The topological polar surface area (TPSA) is 71.4 Å². The number of aryl methyl sites for hydroxylation is 1. The van der Waals surface area contributed by atoms with Crippen LogP contribution in [0.1, 0.15) is 11.1 Å². The fourth-order valence-corrected chi connectivity index (χ4v) is 4.29. The van der Waals surface area contributed by atoms with Gasteiger partial charge in [0.25, 0.3) is 0 Å². The second-order valence-corrected chi connectivity index (χ2v) is 7.85. The molecule has 1 atom stereocenters. The van der Waals surface area contributed by atoms with Gasteiger partial charge in [-0.1, -0.05) is 30.3 Å². The third kappa shape index (κ3) is 4.41. The summed E-state index contributed by atoms with van der Waals surface area (Å²) in [7, 11) is -3.69. The summed E-state index contributed by atoms with van der Waals surface area (Å²) >= 11 is 1.50. The van der Waals surface area contributed by atoms with Crippen molar-refractivity contribution in [3.05, 3.63) is 58.3 Å². The van der Waals surface area contributed by atoms with Crippen LogP contribution in [-0.4, -0.2) is 30.5 Å². The van der Waals surface area contributed by atoms with Crippen molar-refractivity contribution in [1.82, 2.24) is 0 Å². The molecular weight excluding hydrogens is 308 g/mol. The second-order valence-electron chi connectivity index (χ2n) is 4.77. The molecule has 0 radical (unpaired) electrons. The van der Waals surface area contributed by atoms with Gasteiger partial charge >= 0.3 is 5.97 Å². The molecule has 0 aliphatic heterocycles. The van der Waals surface area contributed by atoms with Crippen molar-refractivity contribution < 1.29 is 18.3 Å². The maximum absolute atomic E-state index is 12.3. The van der Waals surface area contributed by atoms with E-state index < -0.39 is 21.1 Å². The lowest BCUT2D eigenvalue weighted by atomic mass is 10.1. The molecule has 0 aliphatic carbocycles. The minimum Gasteiger partial charge on any atom is -0.480 e. The maximum atomic E-state index is 12.3. The van der Waals surface area contributed by atoms with Crippen LogP contribution in [0.15, 0.2) is 47.2 Å². The summed E-state index contributed by atoms with van der Waals surface area (Å²) in [5.41, 5.74) is 1.64. The lowest BCUT2D eigenvalue weighted by molar-refractivity contribution is -0.136. The predicted molar refractivity (Wildman–Crippen MR) is 83.4 cm³/mol. The van der Waals surface area contributed by atoms with Crippen LogP contribution in [-0.2, 0) is 27.5 Å². The van der Waals surface area contributed by atoms with Crippen molar-refractivity contribution >= 4 is 27.1 Å². The Morgan fingerprint density at radius 3 is 2.43 bits per heavy atom. The second kappa shape index (κ2) is 6.87. The molecule has 112 valence electrons. The highest BCUT2D eigenvalue weighted by Crippen LogP contribution is 2.14. The summed E-state index contributed by atoms with van der Waals surface area (Å²) in [5, 5.41) is 11.6. The Hall–Kier alpha value is -1.66. The third-order valence-corrected chi connectivity index (χ3v) is 5.97. The van der Waals surface area contributed by atoms with E-state index in [0.29, 0.717) is 12.0 Å². The molecule has 1 unspecified atom stereocenters. The Morgan fingerprint density at radius 1 is 1.14 bits per heavy atom. The summed E-state index contributed by atoms with van der Waals surface area (Å²) in [6.07, 6.45) is 0.354. The van der Waals surface area contributed by atoms with Crippen molar-refractivity contribution in [2.45, 2.75) is 18.1 Å². The van der Waals surface area contributed by atoms with Crippen LogP contribution in [0.4, 0.5) is 0 Å². The molecule has 0 spiro atoms. The van der Waals surface area contributed by atoms with Gasteiger partial charge < -0.3 is 5.11 Å². The molecule has 1 N–H and O–H groups in total. The Balaban J connectivity index is 2.11. The lowest BCUT2D eigenvalue weighted by Crippen LogP contribution is -2.34. The van der Waals surface area contributed by atoms with Crippen molar-refractivity contribution in [1.29, 1.82) is 0 Å². The van der Waals surface area contributed by atoms with E-state index in [9.17, 15) is 18.3 Å². The SMILES string of the molecule is O=C(O)C(Cc1ccccc1)S(=O)(=O)CCc1ccsc1. The number of hydrogen-bond acceptors (Lipinski definition) is 4. The molecule has 0 saturated heterocycles. The van der Waals surface area contributed by atoms with E-state index in [4.69, 9.17) is 0 Å². The zero-order valence-electron chi connectivity index (χ0n) is 11.3. The summed E-state index contributed by atoms with van der Waals surface area (Å²) < 4.78 is 24.6. The van der Waals surface area contributed by atoms with Crippen molar-refractivity contribution in [2.75, 3.05) is 5.75 Å². The van der Waals surface area contributed by atoms with E-state index in [1.807, 2.05) is 22.9 Å². The van der Waals surface area contributed by atoms with Gasteiger partial charge in [0.15, 0.2) is 15.1 Å². The fourth-order valence-electron chi connectivity index (χ4n) is 2.03. The van der Waals surface area contributed by atoms with Crippen molar-refractivity contribution in [3.63, 3.8) is 0 Å². The van der Waals surface area contributed by atoms with Crippen LogP contribution < -0.4 is 0 Å². The van der Waals surface area contributed by atoms with Gasteiger partial charge in [0.05, 0.1) is 5.75 Å². The maximum Gasteiger partial charge on any atom is 0.322 e. The number of sulfone groups is 1. The van der Waals surface area contributed by atoms with Crippen LogP contribution in [0.5, 0.6) is 0 Å². The van der Waals surface area contributed by atoms with Crippen molar-refractivity contribution in [3.8, 4) is 0 Å². The first-order chi connectivity index (χ1) is 9.99. The van der Waals surface area contributed by atoms with Gasteiger partial charge in [-0.2, -0.15) is 11.3 Å². The molecule has 6 heteroatoms. The molecule has 0 aliphatic rings. The van der Waals surface area contributed by atoms with Crippen LogP contribution in [0, 0.1) is 0 Å². The van der Waals surface area contributed by atoms with Crippen LogP contribution in [0.3, 0.4) is 0 Å². The number of rotatable bonds is 7. The van der Waals surface area contributed by atoms with Gasteiger partial charge in [-0.15, -0.1) is 0 Å². The molecule has 21 heavy (non-hydrogen) atoms. The first kappa shape index (κ1) is 15.7. The predicted octanol–water partition coefficient (Wildman–Crippen LogP) is 2.40. The summed E-state index contributed by atoms with van der Waals surface area (Å²) in [6.45, 7) is 0. The van der Waals surface area contributed by atoms with E-state index in [1.54, 1.807) is 24.3 Å². The number of carboxylic acid groups (broad SMARTS) is 1. The number of hydrogen-bond donors (Lipinski definition) is 1. The Morgan fingerprint density at radius 2 is 1.86 bits per heavy atom. The van der Waals surface area contributed by atoms with Gasteiger partial charge in [-0.25, -0.2) is 8.42 Å². The molecule has 0 bridgehead atoms. The Bertz CT molecular complexity index is 676. The Kier molecular flexibility index (Phi) is 5.14. The molecule has 0 fully saturated rings. The van der Waals surface area contributed by atoms with Gasteiger partial charge in [-0.05, 0) is 40.8 Å². The first-order valence-corrected chi connectivity index (χ1v) is 9.14. The molecule has 2 rings (SSSR count). The van der Waals surface area contributed by atoms with Gasteiger partial charge in [0.2, 0.25) is 0 Å². The monoisotopic (exact) mass is 324 g/mol. The zero-order chi connectivity index (χ0) is 15.3. The third-order valence-electron chi connectivity index (χ3n) is 3.23. The average molecular weight is 324 g/mol. The minimum atomic E-state index is -3.69. The summed E-state index contributed by atoms with van der Waals surface area (Å²) in [5.74, 6) is -1.43. The first-order valence-electron chi connectivity index (χ1n) is 6.48. The van der Waals surface area contributed by atoms with Gasteiger partial charge in [-0.3, -0.25) is 4.79 Å². The smallest absolute Gasteiger partial charge is 0.322 e. The average Bonchev–Trinajstić information content (AvgIpc) is 2.97. The molecule has 2 aromatic rings. The molecule has 4 nitrogen and oxygen atoms in total. The number of carboxylic acids is 1. The number of thiophene rings is 1. The standard InChI is InChI=1S/C15H16O4S2/c16-15(17)14(10-12-4-2-1-3-5-12)21(18,19)9-7-13-6-8-20-11-13/h1-6,8,11,14H,7,9-10H2,(H,16,17). The number of benzene rings is 1. The molecule has 0 amide bonds. The molecule has 1 heterocycles. The minimum absolute atomic E-state index is 0.00213. The Labute approximate surface area is 128 Å². The van der Waals surface area contributed by atoms with E-state index in [0.717, 1.165) is 5.56 Å². The summed E-state index contributed by atoms with van der Waals surface area (Å²) in [6, 6.07) is 10.7. The van der Waals surface area contributed by atoms with E-state index in [1.165, 1.54) is 11.3 Å². The van der Waals surface area contributed by atoms with E-state index >= 15 is 0 Å². The van der Waals surface area contributed by atoms with Crippen LogP contribution in [0.25, 0.3) is 0 Å². The van der Waals surface area contributed by atoms with Crippen LogP contribution in [0.2, 0.25) is 0 Å². The molecule has 1 aromatic heterocycles. The van der Waals surface area contributed by atoms with E-state index in [-0.39, 0.29) is 12.2 Å². The highest BCUT2D eigenvalue weighted by atomic mass is 32.2. The number of carbonyl (C=O) groups is 1. The van der Waals surface area contributed by atoms with Gasteiger partial charge in [0, 0.05) is 0 Å². The van der Waals surface area contributed by atoms with Crippen molar-refractivity contribution in [2.24, 2.45) is 0 Å². The highest BCUT2D eigenvalue weighted by molar-refractivity contribution is 7.92. The van der Waals surface area contributed by atoms with Gasteiger partial charge in [0.1, 0.15) is 0 Å². The summed E-state index contributed by atoms with van der Waals surface area (Å²) in [4.78, 5) is 11.3. The van der Waals surface area contributed by atoms with Crippen LogP contribution >= 0.6 is 11.3 Å².